The van der Waals surface area contributed by atoms with E-state index in [0.29, 0.717) is 21.9 Å². The number of carbonyl (C=O) groups excluding carboxylic acids is 3. The van der Waals surface area contributed by atoms with Gasteiger partial charge in [0, 0.05) is 27.9 Å². The van der Waals surface area contributed by atoms with Crippen molar-refractivity contribution in [2.45, 2.75) is 19.8 Å². The summed E-state index contributed by atoms with van der Waals surface area (Å²) >= 11 is 0. The number of imide groups is 2. The molecule has 1 saturated heterocycles. The summed E-state index contributed by atoms with van der Waals surface area (Å²) in [7, 11) is 4.32. The molecule has 0 spiro atoms. The third kappa shape index (κ3) is 2.31. The second-order valence-electron chi connectivity index (χ2n) is 6.43. The van der Waals surface area contributed by atoms with E-state index in [1.54, 1.807) is 37.6 Å². The molecule has 138 valence electrons. The Morgan fingerprint density at radius 2 is 1.69 bits per heavy atom. The normalized spacial score (nSPS) is 17.3. The number of rotatable bonds is 3. The molecule has 0 radical (unpaired) electrons. The zero-order valence-corrected chi connectivity index (χ0v) is 15.2. The second-order valence-corrected chi connectivity index (χ2v) is 6.43. The molecule has 0 aromatic carbocycles. The minimum Gasteiger partial charge on any atom is -0.711 e. The van der Waals surface area contributed by atoms with Crippen molar-refractivity contribution in [3.63, 3.8) is 0 Å². The lowest BCUT2D eigenvalue weighted by molar-refractivity contribution is -0.621. The number of hydrogen-bond acceptors (Lipinski definition) is 5. The molecule has 1 aliphatic heterocycles. The maximum atomic E-state index is 12.8. The highest BCUT2D eigenvalue weighted by Crippen LogP contribution is 2.36. The summed E-state index contributed by atoms with van der Waals surface area (Å²) in [4.78, 5) is 39.4. The van der Waals surface area contributed by atoms with Crippen LogP contribution in [0.2, 0.25) is 0 Å². The molecular weight excluding hydrogens is 340 g/mol. The van der Waals surface area contributed by atoms with Gasteiger partial charge in [0.15, 0.2) is 0 Å². The highest BCUT2D eigenvalue weighted by atomic mass is 16.5. The summed E-state index contributed by atoms with van der Waals surface area (Å²) in [6.07, 6.45) is 1.41. The van der Waals surface area contributed by atoms with Crippen LogP contribution in [-0.2, 0) is 16.6 Å². The van der Waals surface area contributed by atoms with Gasteiger partial charge < -0.3 is 9.62 Å². The molecule has 1 unspecified atom stereocenters. The van der Waals surface area contributed by atoms with E-state index in [0.717, 1.165) is 9.80 Å². The van der Waals surface area contributed by atoms with Crippen LogP contribution in [0.25, 0.3) is 0 Å². The van der Waals surface area contributed by atoms with Gasteiger partial charge in [-0.05, 0) is 12.1 Å². The Labute approximate surface area is 150 Å². The fourth-order valence-electron chi connectivity index (χ4n) is 3.33. The summed E-state index contributed by atoms with van der Waals surface area (Å²) in [5, 5.41) is 12.8. The van der Waals surface area contributed by atoms with Crippen LogP contribution in [0.3, 0.4) is 0 Å². The first kappa shape index (κ1) is 17.7. The summed E-state index contributed by atoms with van der Waals surface area (Å²) in [5.41, 5.74) is 1.17. The van der Waals surface area contributed by atoms with Gasteiger partial charge >= 0.3 is 6.03 Å². The predicted octanol–water partition coefficient (Wildman–Crippen LogP) is 0.667. The SMILES string of the molecule is Cc1c(C)[n+]([O-])c(C(c2ccco2)C2C(=O)N(C)C(=O)N(C)C2=O)n1C. The number of nitrogens with zero attached hydrogens (tertiary/aromatic N) is 4. The Kier molecular flexibility index (Phi) is 4.09. The van der Waals surface area contributed by atoms with Crippen LogP contribution in [0.5, 0.6) is 0 Å². The van der Waals surface area contributed by atoms with Gasteiger partial charge in [-0.2, -0.15) is 0 Å². The van der Waals surface area contributed by atoms with Crippen molar-refractivity contribution >= 4 is 17.8 Å². The van der Waals surface area contributed by atoms with E-state index in [9.17, 15) is 19.6 Å². The quantitative estimate of drug-likeness (QED) is 0.455. The molecule has 4 amide bonds. The van der Waals surface area contributed by atoms with Crippen LogP contribution in [0, 0.1) is 25.0 Å². The number of carbonyl (C=O) groups is 3. The van der Waals surface area contributed by atoms with Crippen LogP contribution in [-0.4, -0.2) is 46.3 Å². The molecule has 0 saturated carbocycles. The van der Waals surface area contributed by atoms with Crippen LogP contribution >= 0.6 is 0 Å². The van der Waals surface area contributed by atoms with E-state index in [1.807, 2.05) is 0 Å². The Hall–Kier alpha value is -3.10. The largest absolute Gasteiger partial charge is 0.711 e. The van der Waals surface area contributed by atoms with Crippen molar-refractivity contribution in [3.8, 4) is 0 Å². The first-order chi connectivity index (χ1) is 12.2. The van der Waals surface area contributed by atoms with E-state index in [4.69, 9.17) is 4.42 Å². The second kappa shape index (κ2) is 6.01. The molecule has 0 bridgehead atoms. The minimum absolute atomic E-state index is 0.206. The van der Waals surface area contributed by atoms with Crippen molar-refractivity contribution in [1.29, 1.82) is 0 Å². The van der Waals surface area contributed by atoms with Crippen molar-refractivity contribution < 1.29 is 23.5 Å². The van der Waals surface area contributed by atoms with Crippen LogP contribution in [0.4, 0.5) is 4.79 Å². The van der Waals surface area contributed by atoms with E-state index < -0.39 is 29.7 Å². The van der Waals surface area contributed by atoms with Gasteiger partial charge in [0.05, 0.1) is 13.3 Å². The Bertz CT molecular complexity index is 849. The summed E-state index contributed by atoms with van der Waals surface area (Å²) in [6.45, 7) is 3.44. The molecule has 1 aliphatic rings. The molecule has 2 aromatic heterocycles. The Morgan fingerprint density at radius 1 is 1.12 bits per heavy atom. The number of imidazole rings is 1. The van der Waals surface area contributed by atoms with E-state index >= 15 is 0 Å². The number of barbiturate groups is 1. The molecule has 2 aromatic rings. The van der Waals surface area contributed by atoms with Crippen molar-refractivity contribution in [1.82, 2.24) is 14.4 Å². The zero-order chi connectivity index (χ0) is 19.3. The maximum absolute atomic E-state index is 12.8. The molecular formula is C17H20N4O5. The number of hydrogen-bond donors (Lipinski definition) is 0. The van der Waals surface area contributed by atoms with E-state index in [2.05, 4.69) is 0 Å². The third-order valence-corrected chi connectivity index (χ3v) is 5.11. The van der Waals surface area contributed by atoms with Gasteiger partial charge in [0.25, 0.3) is 5.82 Å². The number of amides is 4. The van der Waals surface area contributed by atoms with Gasteiger partial charge in [0.1, 0.15) is 29.0 Å². The minimum atomic E-state index is -1.28. The van der Waals surface area contributed by atoms with Crippen molar-refractivity contribution in [2.75, 3.05) is 14.1 Å². The highest BCUT2D eigenvalue weighted by molar-refractivity contribution is 6.16. The van der Waals surface area contributed by atoms with Gasteiger partial charge in [-0.15, -0.1) is 0 Å². The summed E-state index contributed by atoms with van der Waals surface area (Å²) in [6, 6.07) is 2.53. The first-order valence-corrected chi connectivity index (χ1v) is 8.06. The standard InChI is InChI=1S/C17H20N4O5/c1-9-10(2)21(25)14(18(9)3)12(11-7-6-8-26-11)13-15(22)19(4)17(24)20(5)16(13)23/h6-8,12-13H,1-5H3. The van der Waals surface area contributed by atoms with E-state index in [-0.39, 0.29) is 5.82 Å². The average Bonchev–Trinajstić information content (AvgIpc) is 3.21. The molecule has 9 heteroatoms. The smallest absolute Gasteiger partial charge is 0.332 e. The fourth-order valence-corrected chi connectivity index (χ4v) is 3.33. The van der Waals surface area contributed by atoms with Crippen LogP contribution < -0.4 is 4.73 Å². The molecule has 1 atom stereocenters. The summed E-state index contributed by atoms with van der Waals surface area (Å²) < 4.78 is 7.82. The maximum Gasteiger partial charge on any atom is 0.332 e. The molecule has 26 heavy (non-hydrogen) atoms. The molecule has 1 fully saturated rings. The average molecular weight is 360 g/mol. The third-order valence-electron chi connectivity index (χ3n) is 5.11. The number of furan rings is 1. The molecule has 0 aliphatic carbocycles. The zero-order valence-electron chi connectivity index (χ0n) is 15.2. The Morgan fingerprint density at radius 3 is 2.12 bits per heavy atom. The van der Waals surface area contributed by atoms with Crippen molar-refractivity contribution in [3.05, 3.63) is 46.6 Å². The topological polar surface area (TPSA) is 103 Å². The lowest BCUT2D eigenvalue weighted by Gasteiger charge is -2.35. The monoisotopic (exact) mass is 360 g/mol. The first-order valence-electron chi connectivity index (χ1n) is 8.06. The van der Waals surface area contributed by atoms with Crippen LogP contribution in [0.1, 0.15) is 28.9 Å². The lowest BCUT2D eigenvalue weighted by atomic mass is 9.85. The molecule has 3 heterocycles. The van der Waals surface area contributed by atoms with Gasteiger partial charge in [-0.25, -0.2) is 14.1 Å². The van der Waals surface area contributed by atoms with E-state index in [1.165, 1.54) is 20.4 Å². The molecule has 0 N–H and O–H groups in total. The number of aromatic nitrogens is 2. The predicted molar refractivity (Wildman–Crippen MR) is 88.8 cm³/mol. The van der Waals surface area contributed by atoms with Crippen molar-refractivity contribution in [2.24, 2.45) is 13.0 Å². The van der Waals surface area contributed by atoms with Gasteiger partial charge in [-0.3, -0.25) is 19.4 Å². The molecule has 9 nitrogen and oxygen atoms in total. The highest BCUT2D eigenvalue weighted by Gasteiger charge is 2.52. The van der Waals surface area contributed by atoms with Crippen LogP contribution in [0.15, 0.2) is 22.8 Å². The number of urea groups is 1. The lowest BCUT2D eigenvalue weighted by Crippen LogP contribution is -2.59. The molecule has 3 rings (SSSR count). The Balaban J connectivity index is 2.24. The van der Waals surface area contributed by atoms with Gasteiger partial charge in [0.2, 0.25) is 11.8 Å². The fraction of sp³-hybridized carbons (Fsp3) is 0.412. The van der Waals surface area contributed by atoms with Gasteiger partial charge in [-0.1, -0.05) is 0 Å². The summed E-state index contributed by atoms with van der Waals surface area (Å²) in [5.74, 6) is -3.07.